The second-order valence-corrected chi connectivity index (χ2v) is 5.26. The van der Waals surface area contributed by atoms with Crippen molar-refractivity contribution in [1.29, 1.82) is 0 Å². The Morgan fingerprint density at radius 1 is 1.13 bits per heavy atom. The van der Waals surface area contributed by atoms with Crippen LogP contribution in [0.4, 0.5) is 10.2 Å². The number of nitrogens with zero attached hydrogens (tertiary/aromatic N) is 4. The molecule has 0 aliphatic carbocycles. The number of anilines is 1. The Morgan fingerprint density at radius 3 is 2.43 bits per heavy atom. The molecule has 1 amide bonds. The quantitative estimate of drug-likeness (QED) is 0.808. The van der Waals surface area contributed by atoms with Gasteiger partial charge in [-0.1, -0.05) is 0 Å². The highest BCUT2D eigenvalue weighted by Crippen LogP contribution is 2.19. The van der Waals surface area contributed by atoms with Gasteiger partial charge in [-0.3, -0.25) is 9.48 Å². The molecule has 3 rings (SSSR count). The fraction of sp³-hybridized carbons (Fsp3) is 0.188. The lowest BCUT2D eigenvalue weighted by molar-refractivity contribution is 0.102. The maximum Gasteiger partial charge on any atom is 0.260 e. The highest BCUT2D eigenvalue weighted by molar-refractivity contribution is 6.05. The van der Waals surface area contributed by atoms with E-state index in [1.54, 1.807) is 54.7 Å². The van der Waals surface area contributed by atoms with Gasteiger partial charge in [0, 0.05) is 19.3 Å². The molecule has 0 saturated carbocycles. The molecule has 0 aliphatic heterocycles. The summed E-state index contributed by atoms with van der Waals surface area (Å²) in [6.07, 6.45) is 1.75. The number of carbonyl (C=O) groups excluding carboxylic acids is 1. The van der Waals surface area contributed by atoms with E-state index in [2.05, 4.69) is 15.5 Å². The molecule has 2 heterocycles. The summed E-state index contributed by atoms with van der Waals surface area (Å²) in [5, 5.41) is 11.3. The van der Waals surface area contributed by atoms with E-state index in [1.165, 1.54) is 12.1 Å². The van der Waals surface area contributed by atoms with Gasteiger partial charge in [0.1, 0.15) is 5.82 Å². The minimum atomic E-state index is -0.316. The SMILES string of the molecule is Cc1nn(-c2ccc(F)cc2)c(C)c1C(=O)Nc1ccn(C)n1. The van der Waals surface area contributed by atoms with Crippen molar-refractivity contribution in [3.63, 3.8) is 0 Å². The molecule has 3 aromatic rings. The number of rotatable bonds is 3. The number of nitrogens with one attached hydrogen (secondary N) is 1. The molecule has 1 aromatic carbocycles. The first kappa shape index (κ1) is 15.0. The van der Waals surface area contributed by atoms with Gasteiger partial charge in [-0.2, -0.15) is 10.2 Å². The molecule has 0 spiro atoms. The van der Waals surface area contributed by atoms with E-state index in [0.29, 0.717) is 28.5 Å². The number of hydrogen-bond acceptors (Lipinski definition) is 3. The Labute approximate surface area is 132 Å². The van der Waals surface area contributed by atoms with Crippen molar-refractivity contribution in [2.24, 2.45) is 7.05 Å². The average molecular weight is 313 g/mol. The van der Waals surface area contributed by atoms with Gasteiger partial charge < -0.3 is 5.32 Å². The predicted octanol–water partition coefficient (Wildman–Crippen LogP) is 2.61. The van der Waals surface area contributed by atoms with Crippen molar-refractivity contribution < 1.29 is 9.18 Å². The Bertz CT molecular complexity index is 863. The molecule has 0 radical (unpaired) electrons. The lowest BCUT2D eigenvalue weighted by atomic mass is 10.2. The van der Waals surface area contributed by atoms with Crippen molar-refractivity contribution >= 4 is 11.7 Å². The van der Waals surface area contributed by atoms with Gasteiger partial charge >= 0.3 is 0 Å². The monoisotopic (exact) mass is 313 g/mol. The summed E-state index contributed by atoms with van der Waals surface area (Å²) >= 11 is 0. The van der Waals surface area contributed by atoms with Crippen LogP contribution in [0.5, 0.6) is 0 Å². The Balaban J connectivity index is 1.94. The first-order chi connectivity index (χ1) is 11.0. The zero-order chi connectivity index (χ0) is 16.6. The van der Waals surface area contributed by atoms with Crippen LogP contribution < -0.4 is 5.32 Å². The van der Waals surface area contributed by atoms with Crippen molar-refractivity contribution in [2.75, 3.05) is 5.32 Å². The van der Waals surface area contributed by atoms with Gasteiger partial charge in [-0.15, -0.1) is 0 Å². The van der Waals surface area contributed by atoms with E-state index in [1.807, 2.05) is 0 Å². The summed E-state index contributed by atoms with van der Waals surface area (Å²) in [6, 6.07) is 7.68. The lowest BCUT2D eigenvalue weighted by Crippen LogP contribution is -2.14. The molecule has 2 aromatic heterocycles. The van der Waals surface area contributed by atoms with Gasteiger partial charge in [0.25, 0.3) is 5.91 Å². The maximum absolute atomic E-state index is 13.1. The van der Waals surface area contributed by atoms with Crippen LogP contribution in [0.2, 0.25) is 0 Å². The van der Waals surface area contributed by atoms with Crippen molar-refractivity contribution in [3.05, 3.63) is 59.3 Å². The maximum atomic E-state index is 13.1. The summed E-state index contributed by atoms with van der Waals surface area (Å²) in [5.74, 6) is -0.110. The van der Waals surface area contributed by atoms with E-state index < -0.39 is 0 Å². The zero-order valence-electron chi connectivity index (χ0n) is 13.0. The number of halogens is 1. The number of aromatic nitrogens is 4. The number of carbonyl (C=O) groups is 1. The van der Waals surface area contributed by atoms with Crippen LogP contribution in [-0.4, -0.2) is 25.5 Å². The molecule has 1 N–H and O–H groups in total. The number of aryl methyl sites for hydroxylation is 2. The van der Waals surface area contributed by atoms with Crippen LogP contribution in [0, 0.1) is 19.7 Å². The second kappa shape index (κ2) is 5.68. The van der Waals surface area contributed by atoms with Crippen LogP contribution in [0.3, 0.4) is 0 Å². The van der Waals surface area contributed by atoms with Gasteiger partial charge in [0.15, 0.2) is 5.82 Å². The molecule has 6 nitrogen and oxygen atoms in total. The van der Waals surface area contributed by atoms with Crippen molar-refractivity contribution in [2.45, 2.75) is 13.8 Å². The van der Waals surface area contributed by atoms with Gasteiger partial charge in [0.05, 0.1) is 22.6 Å². The van der Waals surface area contributed by atoms with Crippen LogP contribution in [0.15, 0.2) is 36.5 Å². The van der Waals surface area contributed by atoms with Crippen LogP contribution in [-0.2, 0) is 7.05 Å². The summed E-state index contributed by atoms with van der Waals surface area (Å²) in [6.45, 7) is 3.57. The minimum Gasteiger partial charge on any atom is -0.305 e. The lowest BCUT2D eigenvalue weighted by Gasteiger charge is -2.05. The smallest absolute Gasteiger partial charge is 0.260 e. The molecule has 0 atom stereocenters. The highest BCUT2D eigenvalue weighted by atomic mass is 19.1. The highest BCUT2D eigenvalue weighted by Gasteiger charge is 2.20. The summed E-state index contributed by atoms with van der Waals surface area (Å²) in [7, 11) is 1.78. The molecule has 0 unspecified atom stereocenters. The Morgan fingerprint density at radius 2 is 1.83 bits per heavy atom. The van der Waals surface area contributed by atoms with E-state index >= 15 is 0 Å². The topological polar surface area (TPSA) is 64.7 Å². The normalized spacial score (nSPS) is 10.8. The Hall–Kier alpha value is -2.96. The third-order valence-corrected chi connectivity index (χ3v) is 3.54. The first-order valence-corrected chi connectivity index (χ1v) is 7.09. The van der Waals surface area contributed by atoms with Gasteiger partial charge in [-0.25, -0.2) is 9.07 Å². The molecular weight excluding hydrogens is 297 g/mol. The van der Waals surface area contributed by atoms with E-state index in [9.17, 15) is 9.18 Å². The number of hydrogen-bond donors (Lipinski definition) is 1. The summed E-state index contributed by atoms with van der Waals surface area (Å²) < 4.78 is 16.3. The zero-order valence-corrected chi connectivity index (χ0v) is 13.0. The third kappa shape index (κ3) is 2.85. The van der Waals surface area contributed by atoms with Crippen LogP contribution in [0.1, 0.15) is 21.7 Å². The fourth-order valence-electron chi connectivity index (χ4n) is 2.47. The molecule has 118 valence electrons. The standard InChI is InChI=1S/C16H16FN5O/c1-10-15(16(23)18-14-8-9-21(3)20-14)11(2)22(19-10)13-6-4-12(17)5-7-13/h4-9H,1-3H3,(H,18,20,23). The second-order valence-electron chi connectivity index (χ2n) is 5.26. The van der Waals surface area contributed by atoms with E-state index in [-0.39, 0.29) is 11.7 Å². The number of benzene rings is 1. The van der Waals surface area contributed by atoms with Crippen molar-refractivity contribution in [3.8, 4) is 5.69 Å². The molecule has 7 heteroatoms. The third-order valence-electron chi connectivity index (χ3n) is 3.54. The van der Waals surface area contributed by atoms with E-state index in [4.69, 9.17) is 0 Å². The average Bonchev–Trinajstić information content (AvgIpc) is 3.03. The fourth-order valence-corrected chi connectivity index (χ4v) is 2.47. The summed E-state index contributed by atoms with van der Waals surface area (Å²) in [5.41, 5.74) is 2.46. The molecule has 0 fully saturated rings. The van der Waals surface area contributed by atoms with Crippen LogP contribution >= 0.6 is 0 Å². The van der Waals surface area contributed by atoms with Gasteiger partial charge in [-0.05, 0) is 38.1 Å². The predicted molar refractivity (Wildman–Crippen MR) is 84.2 cm³/mol. The molecule has 0 aliphatic rings. The first-order valence-electron chi connectivity index (χ1n) is 7.09. The van der Waals surface area contributed by atoms with Gasteiger partial charge in [0.2, 0.25) is 0 Å². The van der Waals surface area contributed by atoms with Crippen LogP contribution in [0.25, 0.3) is 5.69 Å². The van der Waals surface area contributed by atoms with Crippen molar-refractivity contribution in [1.82, 2.24) is 19.6 Å². The van der Waals surface area contributed by atoms with E-state index in [0.717, 1.165) is 0 Å². The molecular formula is C16H16FN5O. The number of amides is 1. The molecule has 0 bridgehead atoms. The Kier molecular flexibility index (Phi) is 3.69. The molecule has 23 heavy (non-hydrogen) atoms. The largest absolute Gasteiger partial charge is 0.305 e. The molecule has 0 saturated heterocycles. The minimum absolute atomic E-state index is 0.271. The summed E-state index contributed by atoms with van der Waals surface area (Å²) in [4.78, 5) is 12.5.